The Morgan fingerprint density at radius 1 is 1.18 bits per heavy atom. The van der Waals surface area contributed by atoms with Crippen molar-refractivity contribution in [1.82, 2.24) is 29.7 Å². The molecule has 5 rings (SSSR count). The molecule has 1 saturated heterocycles. The second-order valence-corrected chi connectivity index (χ2v) is 9.55. The number of likely N-dealkylation sites (tertiary alicyclic amines) is 1. The summed E-state index contributed by atoms with van der Waals surface area (Å²) in [5, 5.41) is 14.8. The Morgan fingerprint density at radius 2 is 2.03 bits per heavy atom. The fourth-order valence-electron chi connectivity index (χ4n) is 3.76. The molecule has 0 amide bonds. The normalized spacial score (nSPS) is 15.8. The number of pyridine rings is 1. The topological polar surface area (TPSA) is 97.6 Å². The summed E-state index contributed by atoms with van der Waals surface area (Å²) in [6.45, 7) is 8.36. The zero-order valence-corrected chi connectivity index (χ0v) is 19.7. The van der Waals surface area contributed by atoms with Gasteiger partial charge < -0.3 is 5.73 Å². The van der Waals surface area contributed by atoms with Gasteiger partial charge in [-0.1, -0.05) is 0 Å². The van der Waals surface area contributed by atoms with Gasteiger partial charge in [0, 0.05) is 59.2 Å². The minimum Gasteiger partial charge on any atom is -0.404 e. The van der Waals surface area contributed by atoms with Crippen molar-refractivity contribution < 1.29 is 0 Å². The van der Waals surface area contributed by atoms with Gasteiger partial charge in [0.25, 0.3) is 0 Å². The Bertz CT molecular complexity index is 1370. The van der Waals surface area contributed by atoms with Crippen LogP contribution in [0.25, 0.3) is 22.1 Å². The van der Waals surface area contributed by atoms with Crippen LogP contribution in [0.4, 0.5) is 0 Å². The maximum atomic E-state index is 5.93. The summed E-state index contributed by atoms with van der Waals surface area (Å²) in [5.74, 6) is 0. The zero-order chi connectivity index (χ0) is 22.9. The van der Waals surface area contributed by atoms with Crippen LogP contribution in [-0.4, -0.2) is 61.1 Å². The van der Waals surface area contributed by atoms with Gasteiger partial charge in [0.15, 0.2) is 5.65 Å². The number of rotatable bonds is 6. The van der Waals surface area contributed by atoms with Crippen LogP contribution in [0, 0.1) is 6.92 Å². The molecule has 0 atom stereocenters. The van der Waals surface area contributed by atoms with Gasteiger partial charge in [0.1, 0.15) is 0 Å². The van der Waals surface area contributed by atoms with E-state index in [9.17, 15) is 0 Å². The summed E-state index contributed by atoms with van der Waals surface area (Å²) in [7, 11) is 0. The average Bonchev–Trinajstić information content (AvgIpc) is 3.16. The predicted octanol–water partition coefficient (Wildman–Crippen LogP) is 3.60. The summed E-state index contributed by atoms with van der Waals surface area (Å²) in [6, 6.07) is 13.0. The third-order valence-corrected chi connectivity index (χ3v) is 6.71. The molecule has 1 aliphatic rings. The maximum Gasteiger partial charge on any atom is 0.217 e. The van der Waals surface area contributed by atoms with Crippen molar-refractivity contribution in [2.75, 3.05) is 13.1 Å². The molecule has 9 heteroatoms. The highest BCUT2D eigenvalue weighted by molar-refractivity contribution is 7.99. The highest BCUT2D eigenvalue weighted by Crippen LogP contribution is 2.29. The first-order valence-electron chi connectivity index (χ1n) is 11.0. The van der Waals surface area contributed by atoms with Crippen LogP contribution in [0.1, 0.15) is 25.1 Å². The van der Waals surface area contributed by atoms with Gasteiger partial charge in [-0.15, -0.1) is 10.2 Å². The van der Waals surface area contributed by atoms with E-state index >= 15 is 0 Å². The first-order valence-corrected chi connectivity index (χ1v) is 11.8. The molecule has 0 saturated carbocycles. The lowest BCUT2D eigenvalue weighted by Gasteiger charge is -2.39. The Labute approximate surface area is 196 Å². The molecule has 0 radical (unpaired) electrons. The predicted molar refractivity (Wildman–Crippen MR) is 133 cm³/mol. The van der Waals surface area contributed by atoms with Crippen molar-refractivity contribution in [3.8, 4) is 0 Å². The van der Waals surface area contributed by atoms with E-state index in [0.29, 0.717) is 12.1 Å². The number of aryl methyl sites for hydroxylation is 1. The number of hydrogen-bond acceptors (Lipinski definition) is 8. The number of aliphatic imine (C=N–C) groups is 1. The molecule has 168 valence electrons. The zero-order valence-electron chi connectivity index (χ0n) is 18.9. The van der Waals surface area contributed by atoms with E-state index in [2.05, 4.69) is 51.2 Å². The summed E-state index contributed by atoms with van der Waals surface area (Å²) in [6.07, 6.45) is 5.32. The molecule has 4 aromatic rings. The van der Waals surface area contributed by atoms with E-state index in [0.717, 1.165) is 56.5 Å². The van der Waals surface area contributed by atoms with Crippen LogP contribution in [0.15, 0.2) is 63.8 Å². The molecule has 33 heavy (non-hydrogen) atoms. The highest BCUT2D eigenvalue weighted by atomic mass is 32.2. The minimum atomic E-state index is 0.328. The maximum absolute atomic E-state index is 5.93. The molecule has 1 fully saturated rings. The number of nitrogens with zero attached hydrogens (tertiary/aromatic N) is 7. The van der Waals surface area contributed by atoms with Crippen LogP contribution in [-0.2, 0) is 0 Å². The molecule has 1 aromatic carbocycles. The van der Waals surface area contributed by atoms with Crippen molar-refractivity contribution in [1.29, 1.82) is 0 Å². The highest BCUT2D eigenvalue weighted by Gasteiger charge is 2.27. The molecular formula is C24H26N8S. The van der Waals surface area contributed by atoms with Gasteiger partial charge in [0.2, 0.25) is 5.16 Å². The van der Waals surface area contributed by atoms with Crippen LogP contribution in [0.3, 0.4) is 0 Å². The lowest BCUT2D eigenvalue weighted by Crippen LogP contribution is -2.52. The van der Waals surface area contributed by atoms with Crippen molar-refractivity contribution >= 4 is 40.1 Å². The van der Waals surface area contributed by atoms with E-state index < -0.39 is 0 Å². The van der Waals surface area contributed by atoms with Gasteiger partial charge in [-0.3, -0.25) is 14.9 Å². The third-order valence-electron chi connectivity index (χ3n) is 5.79. The van der Waals surface area contributed by atoms with Gasteiger partial charge in [0.05, 0.1) is 17.3 Å². The van der Waals surface area contributed by atoms with E-state index in [1.807, 2.05) is 43.6 Å². The number of fused-ring (bicyclic) bond motifs is 2. The summed E-state index contributed by atoms with van der Waals surface area (Å²) in [5.41, 5.74) is 10.3. The average molecular weight is 459 g/mol. The Balaban J connectivity index is 1.37. The Morgan fingerprint density at radius 3 is 2.82 bits per heavy atom. The Hall–Kier alpha value is -3.30. The molecule has 1 aliphatic heterocycles. The minimum absolute atomic E-state index is 0.328. The molecule has 0 bridgehead atoms. The number of nitrogens with two attached hydrogens (primary N) is 1. The molecule has 0 spiro atoms. The quantitative estimate of drug-likeness (QED) is 0.441. The van der Waals surface area contributed by atoms with Crippen LogP contribution in [0.5, 0.6) is 0 Å². The molecule has 8 nitrogen and oxygen atoms in total. The van der Waals surface area contributed by atoms with Crippen LogP contribution in [0.2, 0.25) is 0 Å². The smallest absolute Gasteiger partial charge is 0.217 e. The first kappa shape index (κ1) is 21.5. The second kappa shape index (κ2) is 8.92. The number of benzene rings is 1. The van der Waals surface area contributed by atoms with Gasteiger partial charge in [-0.2, -0.15) is 9.61 Å². The molecular weight excluding hydrogens is 432 g/mol. The van der Waals surface area contributed by atoms with Crippen LogP contribution < -0.4 is 5.73 Å². The number of hydrogen-bond donors (Lipinski definition) is 1. The largest absolute Gasteiger partial charge is 0.404 e. The van der Waals surface area contributed by atoms with Crippen molar-refractivity contribution in [3.63, 3.8) is 0 Å². The SMILES string of the molecule is Cc1ccc2nnc(Sc3ccc4ncc(C(C=NC5CN(C(C)C)C5)=CN)cc4c3)n2n1. The Kier molecular flexibility index (Phi) is 5.82. The lowest BCUT2D eigenvalue weighted by atomic mass is 10.1. The van der Waals surface area contributed by atoms with Gasteiger partial charge >= 0.3 is 0 Å². The molecule has 4 heterocycles. The lowest BCUT2D eigenvalue weighted by molar-refractivity contribution is 0.114. The molecule has 0 unspecified atom stereocenters. The fourth-order valence-corrected chi connectivity index (χ4v) is 4.60. The van der Waals surface area contributed by atoms with E-state index in [-0.39, 0.29) is 0 Å². The van der Waals surface area contributed by atoms with E-state index in [1.165, 1.54) is 11.8 Å². The van der Waals surface area contributed by atoms with Gasteiger partial charge in [-0.25, -0.2) is 0 Å². The third kappa shape index (κ3) is 4.46. The van der Waals surface area contributed by atoms with E-state index in [1.54, 1.807) is 10.7 Å². The molecule has 3 aromatic heterocycles. The summed E-state index contributed by atoms with van der Waals surface area (Å²) < 4.78 is 1.77. The summed E-state index contributed by atoms with van der Waals surface area (Å²) in [4.78, 5) is 12.8. The first-order chi connectivity index (χ1) is 16.0. The van der Waals surface area contributed by atoms with E-state index in [4.69, 9.17) is 10.7 Å². The van der Waals surface area contributed by atoms with Crippen molar-refractivity contribution in [2.45, 2.75) is 42.9 Å². The van der Waals surface area contributed by atoms with Crippen molar-refractivity contribution in [3.05, 3.63) is 60.1 Å². The summed E-state index contributed by atoms with van der Waals surface area (Å²) >= 11 is 1.52. The fraction of sp³-hybridized carbons (Fsp3) is 0.292. The standard InChI is InChI=1S/C24H26N8S/c1-15(2)31-13-20(14-31)26-12-19(10-25)18-8-17-9-21(5-6-22(17)27-11-18)33-24-29-28-23-7-4-16(3)30-32(23)24/h4-12,15,20H,13-14,25H2,1-3H3. The van der Waals surface area contributed by atoms with Gasteiger partial charge in [-0.05, 0) is 68.9 Å². The molecule has 2 N–H and O–H groups in total. The molecule has 0 aliphatic carbocycles. The monoisotopic (exact) mass is 458 g/mol. The van der Waals surface area contributed by atoms with Crippen molar-refractivity contribution in [2.24, 2.45) is 10.7 Å². The van der Waals surface area contributed by atoms with Crippen LogP contribution >= 0.6 is 11.8 Å². The number of allylic oxidation sites excluding steroid dienone is 1. The second-order valence-electron chi connectivity index (χ2n) is 8.51. The number of aromatic nitrogens is 5.